The van der Waals surface area contributed by atoms with Gasteiger partial charge < -0.3 is 19.3 Å². The average molecular weight is 438 g/mol. The lowest BCUT2D eigenvalue weighted by atomic mass is 10.0. The molecule has 2 heterocycles. The highest BCUT2D eigenvalue weighted by Crippen LogP contribution is 2.30. The molecule has 0 bridgehead atoms. The van der Waals surface area contributed by atoms with Crippen LogP contribution in [-0.4, -0.2) is 34.1 Å². The van der Waals surface area contributed by atoms with Gasteiger partial charge in [-0.15, -0.1) is 0 Å². The Labute approximate surface area is 186 Å². The first-order chi connectivity index (χ1) is 15.3. The Hall–Kier alpha value is -3.75. The van der Waals surface area contributed by atoms with E-state index in [1.54, 1.807) is 13.8 Å². The molecule has 1 N–H and O–H groups in total. The Balaban J connectivity index is 1.80. The first-order valence-corrected chi connectivity index (χ1v) is 10.3. The van der Waals surface area contributed by atoms with E-state index in [9.17, 15) is 9.59 Å². The molecular weight excluding hydrogens is 412 g/mol. The van der Waals surface area contributed by atoms with E-state index in [1.807, 2.05) is 24.3 Å². The normalized spacial score (nSPS) is 11.8. The average Bonchev–Trinajstić information content (AvgIpc) is 3.29. The smallest absolute Gasteiger partial charge is 0.311 e. The predicted octanol–water partition coefficient (Wildman–Crippen LogP) is 4.07. The van der Waals surface area contributed by atoms with E-state index in [2.05, 4.69) is 34.3 Å². The van der Waals surface area contributed by atoms with Crippen molar-refractivity contribution in [2.45, 2.75) is 46.1 Å². The zero-order chi connectivity index (χ0) is 23.3. The van der Waals surface area contributed by atoms with Crippen molar-refractivity contribution >= 4 is 11.9 Å². The maximum Gasteiger partial charge on any atom is 0.311 e. The number of methoxy groups -OCH3 is 1. The number of nitrogens with one attached hydrogen (secondary N) is 1. The Morgan fingerprint density at radius 1 is 1.19 bits per heavy atom. The Morgan fingerprint density at radius 2 is 1.97 bits per heavy atom. The largest absolute Gasteiger partial charge is 0.493 e. The first-order valence-electron chi connectivity index (χ1n) is 10.3. The molecule has 168 valence electrons. The standard InChI is InChI=1S/C23H26N4O5/c1-6-18(28)31-20-17(30-5)10-11-24-19(20)22(29)25-14(4)21-26-23(32-27-21)16-9-7-8-15(12-16)13(2)3/h7-14H,6H2,1-5H3,(H,25,29)/t14-/m0/s1. The molecule has 3 rings (SSSR count). The molecule has 0 radical (unpaired) electrons. The Kier molecular flexibility index (Phi) is 7.19. The quantitative estimate of drug-likeness (QED) is 0.523. The third-order valence-electron chi connectivity index (χ3n) is 4.78. The minimum atomic E-state index is -0.587. The molecule has 0 aliphatic carbocycles. The van der Waals surface area contributed by atoms with Crippen LogP contribution in [0.15, 0.2) is 41.1 Å². The van der Waals surface area contributed by atoms with Crippen molar-refractivity contribution < 1.29 is 23.6 Å². The highest BCUT2D eigenvalue weighted by Gasteiger charge is 2.24. The molecule has 0 fully saturated rings. The van der Waals surface area contributed by atoms with Crippen molar-refractivity contribution in [3.05, 3.63) is 53.6 Å². The number of amides is 1. The maximum atomic E-state index is 12.9. The summed E-state index contributed by atoms with van der Waals surface area (Å²) in [4.78, 5) is 33.2. The molecular formula is C23H26N4O5. The predicted molar refractivity (Wildman–Crippen MR) is 116 cm³/mol. The number of rotatable bonds is 8. The second kappa shape index (κ2) is 10.0. The van der Waals surface area contributed by atoms with Crippen LogP contribution in [0.25, 0.3) is 11.5 Å². The van der Waals surface area contributed by atoms with Crippen LogP contribution in [0, 0.1) is 0 Å². The fraction of sp³-hybridized carbons (Fsp3) is 0.348. The van der Waals surface area contributed by atoms with E-state index in [-0.39, 0.29) is 23.6 Å². The fourth-order valence-corrected chi connectivity index (χ4v) is 2.93. The summed E-state index contributed by atoms with van der Waals surface area (Å²) in [5.74, 6) is 0.145. The lowest BCUT2D eigenvalue weighted by Gasteiger charge is -2.14. The maximum absolute atomic E-state index is 12.9. The molecule has 0 aliphatic heterocycles. The SMILES string of the molecule is CCC(=O)Oc1c(OC)ccnc1C(=O)N[C@@H](C)c1noc(-c2cccc(C(C)C)c2)n1. The van der Waals surface area contributed by atoms with Crippen LogP contribution in [-0.2, 0) is 4.79 Å². The van der Waals surface area contributed by atoms with Crippen molar-refractivity contribution in [3.63, 3.8) is 0 Å². The van der Waals surface area contributed by atoms with Crippen molar-refractivity contribution in [1.29, 1.82) is 0 Å². The summed E-state index contributed by atoms with van der Waals surface area (Å²) >= 11 is 0. The summed E-state index contributed by atoms with van der Waals surface area (Å²) in [5, 5.41) is 6.76. The molecule has 2 aromatic heterocycles. The zero-order valence-corrected chi connectivity index (χ0v) is 18.7. The number of hydrogen-bond acceptors (Lipinski definition) is 8. The second-order valence-corrected chi connectivity index (χ2v) is 7.45. The molecule has 1 aromatic carbocycles. The minimum absolute atomic E-state index is 0.0362. The number of aromatic nitrogens is 3. The van der Waals surface area contributed by atoms with Crippen LogP contribution in [0.1, 0.15) is 68.0 Å². The lowest BCUT2D eigenvalue weighted by molar-refractivity contribution is -0.134. The topological polar surface area (TPSA) is 116 Å². The summed E-state index contributed by atoms with van der Waals surface area (Å²) in [7, 11) is 1.41. The van der Waals surface area contributed by atoms with Crippen LogP contribution in [0.5, 0.6) is 11.5 Å². The van der Waals surface area contributed by atoms with E-state index >= 15 is 0 Å². The summed E-state index contributed by atoms with van der Waals surface area (Å²) in [5.41, 5.74) is 1.88. The van der Waals surface area contributed by atoms with Gasteiger partial charge in [0.1, 0.15) is 0 Å². The van der Waals surface area contributed by atoms with Gasteiger partial charge in [0.25, 0.3) is 11.8 Å². The Bertz CT molecular complexity index is 1110. The molecule has 3 aromatic rings. The third-order valence-corrected chi connectivity index (χ3v) is 4.78. The van der Waals surface area contributed by atoms with Gasteiger partial charge in [-0.1, -0.05) is 38.1 Å². The number of pyridine rings is 1. The van der Waals surface area contributed by atoms with Crippen LogP contribution < -0.4 is 14.8 Å². The summed E-state index contributed by atoms with van der Waals surface area (Å²) in [6.45, 7) is 7.58. The highest BCUT2D eigenvalue weighted by molar-refractivity contribution is 5.96. The zero-order valence-electron chi connectivity index (χ0n) is 18.7. The van der Waals surface area contributed by atoms with Crippen LogP contribution in [0.2, 0.25) is 0 Å². The van der Waals surface area contributed by atoms with E-state index in [4.69, 9.17) is 14.0 Å². The van der Waals surface area contributed by atoms with Gasteiger partial charge in [-0.05, 0) is 30.5 Å². The molecule has 32 heavy (non-hydrogen) atoms. The summed E-state index contributed by atoms with van der Waals surface area (Å²) in [6.07, 6.45) is 1.54. The number of benzene rings is 1. The highest BCUT2D eigenvalue weighted by atomic mass is 16.6. The van der Waals surface area contributed by atoms with Crippen molar-refractivity contribution in [3.8, 4) is 23.0 Å². The molecule has 0 saturated carbocycles. The second-order valence-electron chi connectivity index (χ2n) is 7.45. The first kappa shape index (κ1) is 22.9. The Morgan fingerprint density at radius 3 is 2.66 bits per heavy atom. The van der Waals surface area contributed by atoms with Crippen LogP contribution in [0.3, 0.4) is 0 Å². The van der Waals surface area contributed by atoms with Crippen LogP contribution in [0.4, 0.5) is 0 Å². The van der Waals surface area contributed by atoms with E-state index < -0.39 is 17.9 Å². The molecule has 9 heteroatoms. The molecule has 0 aliphatic rings. The van der Waals surface area contributed by atoms with Gasteiger partial charge in [0.05, 0.1) is 13.2 Å². The molecule has 0 spiro atoms. The van der Waals surface area contributed by atoms with Gasteiger partial charge in [-0.3, -0.25) is 9.59 Å². The van der Waals surface area contributed by atoms with Crippen molar-refractivity contribution in [1.82, 2.24) is 20.4 Å². The summed E-state index contributed by atoms with van der Waals surface area (Å²) < 4.78 is 15.9. The number of esters is 1. The van der Waals surface area contributed by atoms with Gasteiger partial charge in [0.2, 0.25) is 5.75 Å². The molecule has 1 atom stereocenters. The summed E-state index contributed by atoms with van der Waals surface area (Å²) in [6, 6.07) is 8.79. The van der Waals surface area contributed by atoms with Gasteiger partial charge in [-0.2, -0.15) is 4.98 Å². The van der Waals surface area contributed by atoms with Crippen molar-refractivity contribution in [2.75, 3.05) is 7.11 Å². The third kappa shape index (κ3) is 5.11. The number of hydrogen-bond donors (Lipinski definition) is 1. The monoisotopic (exact) mass is 438 g/mol. The lowest BCUT2D eigenvalue weighted by Crippen LogP contribution is -2.29. The molecule has 1 amide bonds. The van der Waals surface area contributed by atoms with E-state index in [0.29, 0.717) is 17.6 Å². The molecule has 9 nitrogen and oxygen atoms in total. The van der Waals surface area contributed by atoms with Crippen molar-refractivity contribution in [2.24, 2.45) is 0 Å². The minimum Gasteiger partial charge on any atom is -0.493 e. The number of carbonyl (C=O) groups excluding carboxylic acids is 2. The number of nitrogens with zero attached hydrogens (tertiary/aromatic N) is 3. The number of carbonyl (C=O) groups is 2. The molecule has 0 unspecified atom stereocenters. The van der Waals surface area contributed by atoms with E-state index in [0.717, 1.165) is 11.1 Å². The van der Waals surface area contributed by atoms with Gasteiger partial charge in [-0.25, -0.2) is 4.98 Å². The van der Waals surface area contributed by atoms with Gasteiger partial charge in [0, 0.05) is 24.2 Å². The fourth-order valence-electron chi connectivity index (χ4n) is 2.93. The van der Waals surface area contributed by atoms with E-state index in [1.165, 1.54) is 19.4 Å². The van der Waals surface area contributed by atoms with Gasteiger partial charge in [0.15, 0.2) is 17.3 Å². The van der Waals surface area contributed by atoms with Crippen LogP contribution >= 0.6 is 0 Å². The molecule has 0 saturated heterocycles. The number of ether oxygens (including phenoxy) is 2. The van der Waals surface area contributed by atoms with Gasteiger partial charge >= 0.3 is 5.97 Å².